The lowest BCUT2D eigenvalue weighted by Crippen LogP contribution is -2.39. The van der Waals surface area contributed by atoms with E-state index >= 15 is 0 Å². The molecule has 3 heterocycles. The Morgan fingerprint density at radius 3 is 2.54 bits per heavy atom. The monoisotopic (exact) mass is 511 g/mol. The van der Waals surface area contributed by atoms with Crippen LogP contribution < -0.4 is 10.4 Å². The van der Waals surface area contributed by atoms with Crippen LogP contribution in [0.4, 0.5) is 5.69 Å². The summed E-state index contributed by atoms with van der Waals surface area (Å²) in [5.41, 5.74) is 0.499. The van der Waals surface area contributed by atoms with Gasteiger partial charge in [0, 0.05) is 26.2 Å². The molecule has 1 fully saturated rings. The summed E-state index contributed by atoms with van der Waals surface area (Å²) in [4.78, 5) is 27.0. The van der Waals surface area contributed by atoms with Crippen molar-refractivity contribution in [3.63, 3.8) is 0 Å². The maximum absolute atomic E-state index is 13.3. The highest BCUT2D eigenvalue weighted by atomic mass is 16.6. The van der Waals surface area contributed by atoms with Crippen LogP contribution in [0.2, 0.25) is 0 Å². The number of aromatic nitrogens is 5. The van der Waals surface area contributed by atoms with Crippen LogP contribution in [0.15, 0.2) is 47.4 Å². The van der Waals surface area contributed by atoms with Crippen LogP contribution in [-0.4, -0.2) is 73.9 Å². The highest BCUT2D eigenvalue weighted by Gasteiger charge is 2.27. The van der Waals surface area contributed by atoms with Crippen LogP contribution in [0.3, 0.4) is 0 Å². The Labute approximate surface area is 214 Å². The quantitative estimate of drug-likeness (QED) is 0.207. The second-order valence-electron chi connectivity index (χ2n) is 8.77. The Morgan fingerprint density at radius 1 is 1.11 bits per heavy atom. The van der Waals surface area contributed by atoms with Crippen LogP contribution in [0.1, 0.15) is 25.3 Å². The third kappa shape index (κ3) is 6.52. The Kier molecular flexibility index (Phi) is 8.86. The number of morpholine rings is 1. The van der Waals surface area contributed by atoms with Gasteiger partial charge in [-0.25, -0.2) is 9.48 Å². The van der Waals surface area contributed by atoms with E-state index in [2.05, 4.69) is 15.1 Å². The van der Waals surface area contributed by atoms with Gasteiger partial charge in [0.15, 0.2) is 5.82 Å². The normalized spacial score (nSPS) is 14.4. The molecule has 198 valence electrons. The highest BCUT2D eigenvalue weighted by molar-refractivity contribution is 5.62. The first-order valence-corrected chi connectivity index (χ1v) is 12.5. The number of hydrogen-bond donors (Lipinski definition) is 0. The Morgan fingerprint density at radius 2 is 1.86 bits per heavy atom. The summed E-state index contributed by atoms with van der Waals surface area (Å²) >= 11 is 0. The average Bonchev–Trinajstić information content (AvgIpc) is 3.47. The summed E-state index contributed by atoms with van der Waals surface area (Å²) < 4.78 is 15.0. The van der Waals surface area contributed by atoms with Gasteiger partial charge in [0.1, 0.15) is 11.9 Å². The average molecular weight is 512 g/mol. The number of hydrogen-bond acceptors (Lipinski definition) is 8. The Balaban J connectivity index is 1.65. The van der Waals surface area contributed by atoms with Gasteiger partial charge in [-0.3, -0.25) is 24.3 Å². The van der Waals surface area contributed by atoms with E-state index in [1.807, 2.05) is 43.3 Å². The number of rotatable bonds is 12. The SMILES string of the molecule is CC/C=C\CCn1c(-c2nn(Cc3ccc(OC)cc3)cc2[N+](=O)[O-])nn(CCN2CCOCC2)c1=O. The lowest BCUT2D eigenvalue weighted by Gasteiger charge is -2.26. The van der Waals surface area contributed by atoms with Gasteiger partial charge in [0.05, 0.1) is 38.3 Å². The molecule has 0 spiro atoms. The lowest BCUT2D eigenvalue weighted by atomic mass is 10.2. The van der Waals surface area contributed by atoms with E-state index in [0.717, 1.165) is 30.8 Å². The van der Waals surface area contributed by atoms with Gasteiger partial charge in [-0.05, 0) is 30.5 Å². The molecule has 4 rings (SSSR count). The van der Waals surface area contributed by atoms with Crippen molar-refractivity contribution in [2.24, 2.45) is 0 Å². The Bertz CT molecular complexity index is 1270. The zero-order chi connectivity index (χ0) is 26.2. The predicted octanol–water partition coefficient (Wildman–Crippen LogP) is 2.56. The van der Waals surface area contributed by atoms with Gasteiger partial charge in [0.2, 0.25) is 5.69 Å². The molecule has 2 aromatic heterocycles. The van der Waals surface area contributed by atoms with Gasteiger partial charge in [-0.2, -0.15) is 5.10 Å². The molecule has 12 heteroatoms. The molecular weight excluding hydrogens is 478 g/mol. The fourth-order valence-electron chi connectivity index (χ4n) is 4.22. The summed E-state index contributed by atoms with van der Waals surface area (Å²) in [5.74, 6) is 0.928. The largest absolute Gasteiger partial charge is 0.497 e. The highest BCUT2D eigenvalue weighted by Crippen LogP contribution is 2.27. The van der Waals surface area contributed by atoms with Crippen LogP contribution in [0.25, 0.3) is 11.5 Å². The molecule has 1 aliphatic heterocycles. The molecule has 1 saturated heterocycles. The molecule has 12 nitrogen and oxygen atoms in total. The molecule has 0 atom stereocenters. The fraction of sp³-hybridized carbons (Fsp3) is 0.480. The van der Waals surface area contributed by atoms with E-state index in [4.69, 9.17) is 9.47 Å². The number of methoxy groups -OCH3 is 1. The van der Waals surface area contributed by atoms with Gasteiger partial charge < -0.3 is 9.47 Å². The first kappa shape index (κ1) is 26.3. The van der Waals surface area contributed by atoms with E-state index < -0.39 is 4.92 Å². The van der Waals surface area contributed by atoms with Crippen LogP contribution in [-0.2, 0) is 24.4 Å². The maximum Gasteiger partial charge on any atom is 0.346 e. The number of nitro groups is 1. The smallest absolute Gasteiger partial charge is 0.346 e. The molecule has 0 bridgehead atoms. The van der Waals surface area contributed by atoms with E-state index in [-0.39, 0.29) is 22.9 Å². The second-order valence-corrected chi connectivity index (χ2v) is 8.77. The van der Waals surface area contributed by atoms with Crippen molar-refractivity contribution in [2.75, 3.05) is 40.0 Å². The van der Waals surface area contributed by atoms with Crippen molar-refractivity contribution < 1.29 is 14.4 Å². The van der Waals surface area contributed by atoms with Crippen molar-refractivity contribution in [3.05, 3.63) is 68.8 Å². The summed E-state index contributed by atoms with van der Waals surface area (Å²) in [6.07, 6.45) is 6.91. The summed E-state index contributed by atoms with van der Waals surface area (Å²) in [6, 6.07) is 7.41. The number of ether oxygens (including phenoxy) is 2. The first-order valence-electron chi connectivity index (χ1n) is 12.5. The van der Waals surface area contributed by atoms with E-state index in [1.165, 1.54) is 20.1 Å². The molecule has 0 unspecified atom stereocenters. The minimum Gasteiger partial charge on any atom is -0.497 e. The predicted molar refractivity (Wildman–Crippen MR) is 138 cm³/mol. The van der Waals surface area contributed by atoms with Crippen LogP contribution in [0, 0.1) is 10.1 Å². The number of nitrogens with zero attached hydrogens (tertiary/aromatic N) is 7. The van der Waals surface area contributed by atoms with Gasteiger partial charge in [-0.1, -0.05) is 31.2 Å². The van der Waals surface area contributed by atoms with Crippen molar-refractivity contribution >= 4 is 5.69 Å². The Hall–Kier alpha value is -3.77. The third-order valence-corrected chi connectivity index (χ3v) is 6.23. The first-order chi connectivity index (χ1) is 18.0. The zero-order valence-corrected chi connectivity index (χ0v) is 21.3. The lowest BCUT2D eigenvalue weighted by molar-refractivity contribution is -0.384. The summed E-state index contributed by atoms with van der Waals surface area (Å²) in [6.45, 7) is 6.66. The molecule has 3 aromatic rings. The number of allylic oxidation sites excluding steroid dienone is 2. The topological polar surface area (TPSA) is 122 Å². The fourth-order valence-corrected chi connectivity index (χ4v) is 4.22. The molecule has 0 amide bonds. The van der Waals surface area contributed by atoms with Gasteiger partial charge in [-0.15, -0.1) is 5.10 Å². The van der Waals surface area contributed by atoms with Crippen LogP contribution >= 0.6 is 0 Å². The molecule has 37 heavy (non-hydrogen) atoms. The molecule has 1 aliphatic rings. The number of benzene rings is 1. The zero-order valence-electron chi connectivity index (χ0n) is 21.3. The molecule has 0 saturated carbocycles. The van der Waals surface area contributed by atoms with Crippen molar-refractivity contribution in [3.8, 4) is 17.3 Å². The molecule has 0 radical (unpaired) electrons. The van der Waals surface area contributed by atoms with Crippen molar-refractivity contribution in [1.82, 2.24) is 29.0 Å². The van der Waals surface area contributed by atoms with E-state index in [9.17, 15) is 14.9 Å². The van der Waals surface area contributed by atoms with Crippen molar-refractivity contribution in [1.29, 1.82) is 0 Å². The molecule has 0 N–H and O–H groups in total. The molecular formula is C25H33N7O5. The van der Waals surface area contributed by atoms with Gasteiger partial charge >= 0.3 is 11.4 Å². The standard InChI is InChI=1S/C25H33N7O5/c1-3-4-5-6-11-30-24(27-31(25(30)33)13-12-28-14-16-37-17-15-28)23-22(32(34)35)19-29(26-23)18-20-7-9-21(36-2)10-8-20/h4-5,7-10,19H,3,6,11-18H2,1-2H3/b5-4-. The van der Waals surface area contributed by atoms with Crippen molar-refractivity contribution in [2.45, 2.75) is 39.4 Å². The second kappa shape index (κ2) is 12.5. The minimum absolute atomic E-state index is 0.0835. The summed E-state index contributed by atoms with van der Waals surface area (Å²) in [7, 11) is 1.59. The maximum atomic E-state index is 13.3. The van der Waals surface area contributed by atoms with Gasteiger partial charge in [0.25, 0.3) is 0 Å². The van der Waals surface area contributed by atoms with E-state index in [1.54, 1.807) is 7.11 Å². The minimum atomic E-state index is -0.481. The summed E-state index contributed by atoms with van der Waals surface area (Å²) in [5, 5.41) is 21.0. The third-order valence-electron chi connectivity index (χ3n) is 6.23. The molecule has 1 aromatic carbocycles. The van der Waals surface area contributed by atoms with Crippen LogP contribution in [0.5, 0.6) is 5.75 Å². The van der Waals surface area contributed by atoms with E-state index in [0.29, 0.717) is 45.8 Å². The molecule has 0 aliphatic carbocycles.